The summed E-state index contributed by atoms with van der Waals surface area (Å²) in [4.78, 5) is 4.71. The zero-order valence-electron chi connectivity index (χ0n) is 11.4. The highest BCUT2D eigenvalue weighted by Crippen LogP contribution is 2.29. The van der Waals surface area contributed by atoms with Crippen LogP contribution in [0.5, 0.6) is 0 Å². The maximum atomic E-state index is 5.79. The molecule has 2 heterocycles. The van der Waals surface area contributed by atoms with Gasteiger partial charge in [-0.25, -0.2) is 4.98 Å². The molecule has 0 aliphatic rings. The minimum absolute atomic E-state index is 0.312. The van der Waals surface area contributed by atoms with Gasteiger partial charge in [-0.15, -0.1) is 11.3 Å². The molecule has 0 atom stereocenters. The molecule has 2 aromatic rings. The summed E-state index contributed by atoms with van der Waals surface area (Å²) in [5, 5.41) is 10.8. The molecular formula is C12H17N5S2. The minimum Gasteiger partial charge on any atom is -0.389 e. The summed E-state index contributed by atoms with van der Waals surface area (Å²) in [6.07, 6.45) is 1.80. The maximum Gasteiger partial charge on any atom is 0.135 e. The number of aromatic nitrogens is 3. The fourth-order valence-electron chi connectivity index (χ4n) is 1.98. The first-order chi connectivity index (χ1) is 8.83. The Labute approximate surface area is 121 Å². The van der Waals surface area contributed by atoms with Crippen LogP contribution in [-0.4, -0.2) is 19.8 Å². The summed E-state index contributed by atoms with van der Waals surface area (Å²) in [7, 11) is 1.87. The Hall–Kier alpha value is -1.47. The van der Waals surface area contributed by atoms with Gasteiger partial charge in [0.05, 0.1) is 16.8 Å². The lowest BCUT2D eigenvalue weighted by molar-refractivity contribution is 0.589. The second kappa shape index (κ2) is 4.90. The van der Waals surface area contributed by atoms with Crippen molar-refractivity contribution in [2.45, 2.75) is 26.3 Å². The largest absolute Gasteiger partial charge is 0.389 e. The van der Waals surface area contributed by atoms with Crippen molar-refractivity contribution in [3.05, 3.63) is 27.8 Å². The molecule has 5 nitrogen and oxygen atoms in total. The number of hydrogen-bond acceptors (Lipinski definition) is 5. The van der Waals surface area contributed by atoms with Crippen LogP contribution in [0.1, 0.15) is 30.1 Å². The SMILES string of the molecule is Cc1nn(C)c(NC(C)(C)c2nccs2)c1C(N)=S. The number of thiocarbonyl (C=S) groups is 1. The van der Waals surface area contributed by atoms with E-state index in [-0.39, 0.29) is 5.54 Å². The molecule has 3 N–H and O–H groups in total. The van der Waals surface area contributed by atoms with Crippen LogP contribution in [0.4, 0.5) is 5.82 Å². The monoisotopic (exact) mass is 295 g/mol. The van der Waals surface area contributed by atoms with Crippen molar-refractivity contribution >= 4 is 34.4 Å². The van der Waals surface area contributed by atoms with Crippen molar-refractivity contribution in [2.75, 3.05) is 5.32 Å². The second-order valence-electron chi connectivity index (χ2n) is 4.88. The Morgan fingerprint density at radius 1 is 1.53 bits per heavy atom. The lowest BCUT2D eigenvalue weighted by Gasteiger charge is -2.25. The zero-order valence-corrected chi connectivity index (χ0v) is 13.0. The molecule has 0 aliphatic carbocycles. The van der Waals surface area contributed by atoms with E-state index in [1.165, 1.54) is 0 Å². The average Bonchev–Trinajstić information content (AvgIpc) is 2.87. The highest BCUT2D eigenvalue weighted by molar-refractivity contribution is 7.80. The number of anilines is 1. The smallest absolute Gasteiger partial charge is 0.135 e. The van der Waals surface area contributed by atoms with E-state index in [4.69, 9.17) is 18.0 Å². The standard InChI is InChI=1S/C12H17N5S2/c1-7-8(9(13)18)10(17(4)16-7)15-12(2,3)11-14-5-6-19-11/h5-6,15H,1-4H3,(H2,13,18). The Bertz CT molecular complexity index is 598. The van der Waals surface area contributed by atoms with Crippen LogP contribution in [0.3, 0.4) is 0 Å². The van der Waals surface area contributed by atoms with Gasteiger partial charge in [0.1, 0.15) is 15.8 Å². The summed E-state index contributed by atoms with van der Waals surface area (Å²) >= 11 is 6.72. The number of nitrogens with one attached hydrogen (secondary N) is 1. The van der Waals surface area contributed by atoms with Crippen molar-refractivity contribution in [3.63, 3.8) is 0 Å². The van der Waals surface area contributed by atoms with Crippen molar-refractivity contribution in [1.29, 1.82) is 0 Å². The van der Waals surface area contributed by atoms with Crippen molar-refractivity contribution in [2.24, 2.45) is 12.8 Å². The number of hydrogen-bond donors (Lipinski definition) is 2. The fourth-order valence-corrected chi connectivity index (χ4v) is 2.94. The predicted octanol–water partition coefficient (Wildman–Crippen LogP) is 2.17. The minimum atomic E-state index is -0.312. The Balaban J connectivity index is 2.41. The van der Waals surface area contributed by atoms with Crippen molar-refractivity contribution in [1.82, 2.24) is 14.8 Å². The molecule has 0 saturated carbocycles. The summed E-state index contributed by atoms with van der Waals surface area (Å²) in [6.45, 7) is 6.03. The molecule has 0 saturated heterocycles. The molecule has 0 aromatic carbocycles. The van der Waals surface area contributed by atoms with Crippen LogP contribution in [-0.2, 0) is 12.6 Å². The van der Waals surface area contributed by atoms with Gasteiger partial charge in [-0.1, -0.05) is 12.2 Å². The molecule has 102 valence electrons. The number of rotatable bonds is 4. The summed E-state index contributed by atoms with van der Waals surface area (Å²) in [5.41, 5.74) is 7.10. The highest BCUT2D eigenvalue weighted by Gasteiger charge is 2.27. The lowest BCUT2D eigenvalue weighted by Crippen LogP contribution is -2.30. The predicted molar refractivity (Wildman–Crippen MR) is 82.6 cm³/mol. The van der Waals surface area contributed by atoms with Crippen LogP contribution in [0.25, 0.3) is 0 Å². The van der Waals surface area contributed by atoms with E-state index in [9.17, 15) is 0 Å². The van der Waals surface area contributed by atoms with Gasteiger partial charge in [-0.3, -0.25) is 4.68 Å². The fraction of sp³-hybridized carbons (Fsp3) is 0.417. The van der Waals surface area contributed by atoms with E-state index < -0.39 is 0 Å². The molecule has 2 rings (SSSR count). The molecule has 0 fully saturated rings. The van der Waals surface area contributed by atoms with Gasteiger partial charge >= 0.3 is 0 Å². The Kier molecular flexibility index (Phi) is 3.60. The van der Waals surface area contributed by atoms with Gasteiger partial charge in [-0.2, -0.15) is 5.10 Å². The third-order valence-corrected chi connectivity index (χ3v) is 4.17. The summed E-state index contributed by atoms with van der Waals surface area (Å²) in [5.74, 6) is 0.824. The second-order valence-corrected chi connectivity index (χ2v) is 6.22. The van der Waals surface area contributed by atoms with Crippen molar-refractivity contribution < 1.29 is 0 Å². The molecular weight excluding hydrogens is 278 g/mol. The molecule has 0 amide bonds. The third kappa shape index (κ3) is 2.62. The topological polar surface area (TPSA) is 68.8 Å². The molecule has 2 aromatic heterocycles. The number of nitrogens with two attached hydrogens (primary N) is 1. The van der Waals surface area contributed by atoms with E-state index in [1.807, 2.05) is 19.4 Å². The highest BCUT2D eigenvalue weighted by atomic mass is 32.1. The van der Waals surface area contributed by atoms with Crippen LogP contribution in [0, 0.1) is 6.92 Å². The van der Waals surface area contributed by atoms with E-state index in [2.05, 4.69) is 29.2 Å². The van der Waals surface area contributed by atoms with Gasteiger partial charge in [0.25, 0.3) is 0 Å². The molecule has 0 radical (unpaired) electrons. The molecule has 0 bridgehead atoms. The molecule has 19 heavy (non-hydrogen) atoms. The first kappa shape index (κ1) is 14.0. The third-order valence-electron chi connectivity index (χ3n) is 2.87. The first-order valence-corrected chi connectivity index (χ1v) is 7.13. The summed E-state index contributed by atoms with van der Waals surface area (Å²) in [6, 6.07) is 0. The quantitative estimate of drug-likeness (QED) is 0.846. The van der Waals surface area contributed by atoms with Gasteiger partial charge in [0.15, 0.2) is 0 Å². The molecule has 0 unspecified atom stereocenters. The Morgan fingerprint density at radius 3 is 2.74 bits per heavy atom. The number of nitrogens with zero attached hydrogens (tertiary/aromatic N) is 3. The average molecular weight is 295 g/mol. The van der Waals surface area contributed by atoms with Crippen molar-refractivity contribution in [3.8, 4) is 0 Å². The van der Waals surface area contributed by atoms with E-state index >= 15 is 0 Å². The van der Waals surface area contributed by atoms with E-state index in [0.717, 1.165) is 22.1 Å². The van der Waals surface area contributed by atoms with Crippen LogP contribution < -0.4 is 11.1 Å². The maximum absolute atomic E-state index is 5.79. The molecule has 7 heteroatoms. The first-order valence-electron chi connectivity index (χ1n) is 5.84. The van der Waals surface area contributed by atoms with Gasteiger partial charge in [0, 0.05) is 18.6 Å². The lowest BCUT2D eigenvalue weighted by atomic mass is 10.1. The van der Waals surface area contributed by atoms with Crippen LogP contribution >= 0.6 is 23.6 Å². The molecule has 0 aliphatic heterocycles. The van der Waals surface area contributed by atoms with E-state index in [0.29, 0.717) is 4.99 Å². The van der Waals surface area contributed by atoms with E-state index in [1.54, 1.807) is 22.2 Å². The summed E-state index contributed by atoms with van der Waals surface area (Å²) < 4.78 is 1.76. The Morgan fingerprint density at radius 2 is 2.21 bits per heavy atom. The van der Waals surface area contributed by atoms with Crippen LogP contribution in [0.2, 0.25) is 0 Å². The van der Waals surface area contributed by atoms with Gasteiger partial charge < -0.3 is 11.1 Å². The number of aryl methyl sites for hydroxylation is 2. The molecule has 0 spiro atoms. The zero-order chi connectivity index (χ0) is 14.2. The van der Waals surface area contributed by atoms with Crippen LogP contribution in [0.15, 0.2) is 11.6 Å². The normalized spacial score (nSPS) is 11.6. The van der Waals surface area contributed by atoms with Gasteiger partial charge in [0.2, 0.25) is 0 Å². The van der Waals surface area contributed by atoms with Gasteiger partial charge in [-0.05, 0) is 20.8 Å². The number of thiazole rings is 1.